The Balaban J connectivity index is 2.33. The number of carboxylic acid groups (broad SMARTS) is 1. The third-order valence-electron chi connectivity index (χ3n) is 3.56. The fourth-order valence-electron chi connectivity index (χ4n) is 2.53. The van der Waals surface area contributed by atoms with Crippen LogP contribution < -0.4 is 4.31 Å². The first-order chi connectivity index (χ1) is 9.84. The summed E-state index contributed by atoms with van der Waals surface area (Å²) >= 11 is 0. The second-order valence-corrected chi connectivity index (χ2v) is 6.74. The van der Waals surface area contributed by atoms with Gasteiger partial charge in [-0.15, -0.1) is 0 Å². The van der Waals surface area contributed by atoms with Gasteiger partial charge in [-0.3, -0.25) is 13.8 Å². The van der Waals surface area contributed by atoms with Gasteiger partial charge in [0.25, 0.3) is 10.0 Å². The predicted octanol–water partition coefficient (Wildman–Crippen LogP) is 1.08. The Kier molecular flexibility index (Phi) is 2.80. The van der Waals surface area contributed by atoms with Crippen molar-refractivity contribution in [1.82, 2.24) is 9.78 Å². The number of carboxylic acids is 1. The van der Waals surface area contributed by atoms with Crippen LogP contribution in [0.5, 0.6) is 0 Å². The minimum atomic E-state index is -3.64. The third-order valence-corrected chi connectivity index (χ3v) is 5.37. The maximum atomic E-state index is 12.5. The second-order valence-electron chi connectivity index (χ2n) is 4.80. The molecule has 0 amide bonds. The number of aliphatic carboxylic acids is 1. The van der Waals surface area contributed by atoms with E-state index >= 15 is 0 Å². The molecule has 1 N–H and O–H groups in total. The van der Waals surface area contributed by atoms with Crippen molar-refractivity contribution >= 4 is 21.7 Å². The number of fused-ring (bicyclic) bond motifs is 3. The molecule has 0 unspecified atom stereocenters. The molecular weight excluding hydrogens is 294 g/mol. The van der Waals surface area contributed by atoms with Crippen LogP contribution >= 0.6 is 0 Å². The number of anilines is 1. The molecule has 7 nitrogen and oxygen atoms in total. The zero-order valence-electron chi connectivity index (χ0n) is 11.4. The molecule has 0 saturated carbocycles. The van der Waals surface area contributed by atoms with Gasteiger partial charge in [-0.25, -0.2) is 8.42 Å². The zero-order chi connectivity index (χ0) is 15.4. The molecule has 0 bridgehead atoms. The smallest absolute Gasteiger partial charge is 0.325 e. The Hall–Kier alpha value is -2.35. The van der Waals surface area contributed by atoms with E-state index in [0.29, 0.717) is 22.6 Å². The minimum Gasteiger partial charge on any atom is -0.480 e. The maximum Gasteiger partial charge on any atom is 0.325 e. The van der Waals surface area contributed by atoms with Crippen molar-refractivity contribution < 1.29 is 18.3 Å². The van der Waals surface area contributed by atoms with Gasteiger partial charge in [0.15, 0.2) is 0 Å². The molecular formula is C13H13N3O4S. The summed E-state index contributed by atoms with van der Waals surface area (Å²) in [6.45, 7) is 1.35. The summed E-state index contributed by atoms with van der Waals surface area (Å²) in [7, 11) is -2.19. The zero-order valence-corrected chi connectivity index (χ0v) is 12.3. The van der Waals surface area contributed by atoms with Gasteiger partial charge in [0.1, 0.15) is 17.9 Å². The molecule has 1 aromatic heterocycles. The Morgan fingerprint density at radius 2 is 2.00 bits per heavy atom. The van der Waals surface area contributed by atoms with Crippen LogP contribution in [0.2, 0.25) is 0 Å². The van der Waals surface area contributed by atoms with E-state index in [1.807, 2.05) is 0 Å². The molecule has 0 saturated heterocycles. The van der Waals surface area contributed by atoms with Crippen LogP contribution in [0, 0.1) is 6.92 Å². The summed E-state index contributed by atoms with van der Waals surface area (Å²) in [5.41, 5.74) is 1.92. The Bertz CT molecular complexity index is 854. The molecule has 2 aromatic rings. The SMILES string of the molecule is Cc1c2c(nn1CC(=O)O)-c1ccccc1S(=O)(=O)N2C. The molecule has 0 radical (unpaired) electrons. The van der Waals surface area contributed by atoms with Gasteiger partial charge in [-0.05, 0) is 13.0 Å². The normalized spacial score (nSPS) is 15.4. The van der Waals surface area contributed by atoms with Crippen LogP contribution in [-0.4, -0.2) is 36.3 Å². The lowest BCUT2D eigenvalue weighted by atomic mass is 10.1. The Morgan fingerprint density at radius 3 is 2.67 bits per heavy atom. The Labute approximate surface area is 121 Å². The fourth-order valence-corrected chi connectivity index (χ4v) is 3.98. The van der Waals surface area contributed by atoms with Gasteiger partial charge in [0.05, 0.1) is 10.6 Å². The lowest BCUT2D eigenvalue weighted by molar-refractivity contribution is -0.137. The van der Waals surface area contributed by atoms with Gasteiger partial charge in [0, 0.05) is 12.6 Å². The van der Waals surface area contributed by atoms with E-state index in [1.165, 1.54) is 17.8 Å². The molecule has 1 aliphatic rings. The lowest BCUT2D eigenvalue weighted by Gasteiger charge is -2.26. The molecule has 0 fully saturated rings. The molecule has 2 heterocycles. The van der Waals surface area contributed by atoms with E-state index in [4.69, 9.17) is 5.11 Å². The third kappa shape index (κ3) is 1.83. The summed E-state index contributed by atoms with van der Waals surface area (Å²) in [5, 5.41) is 13.2. The minimum absolute atomic E-state index is 0.181. The number of carbonyl (C=O) groups is 1. The summed E-state index contributed by atoms with van der Waals surface area (Å²) in [4.78, 5) is 11.1. The number of sulfonamides is 1. The van der Waals surface area contributed by atoms with Crippen LogP contribution in [-0.2, 0) is 21.4 Å². The van der Waals surface area contributed by atoms with E-state index in [0.717, 1.165) is 4.31 Å². The highest BCUT2D eigenvalue weighted by Gasteiger charge is 2.36. The van der Waals surface area contributed by atoms with Gasteiger partial charge in [-0.2, -0.15) is 5.10 Å². The monoisotopic (exact) mass is 307 g/mol. The highest BCUT2D eigenvalue weighted by molar-refractivity contribution is 7.93. The van der Waals surface area contributed by atoms with Crippen molar-refractivity contribution in [3.05, 3.63) is 30.0 Å². The first-order valence-electron chi connectivity index (χ1n) is 6.21. The van der Waals surface area contributed by atoms with Crippen molar-refractivity contribution in [3.8, 4) is 11.3 Å². The van der Waals surface area contributed by atoms with Crippen molar-refractivity contribution in [1.29, 1.82) is 0 Å². The van der Waals surface area contributed by atoms with Gasteiger partial charge in [-0.1, -0.05) is 18.2 Å². The number of aromatic nitrogens is 2. The van der Waals surface area contributed by atoms with Crippen LogP contribution in [0.15, 0.2) is 29.2 Å². The predicted molar refractivity (Wildman–Crippen MR) is 75.6 cm³/mol. The van der Waals surface area contributed by atoms with E-state index in [-0.39, 0.29) is 11.4 Å². The number of rotatable bonds is 2. The largest absolute Gasteiger partial charge is 0.480 e. The van der Waals surface area contributed by atoms with E-state index in [1.54, 1.807) is 25.1 Å². The van der Waals surface area contributed by atoms with Crippen LogP contribution in [0.4, 0.5) is 5.69 Å². The van der Waals surface area contributed by atoms with Crippen LogP contribution in [0.3, 0.4) is 0 Å². The van der Waals surface area contributed by atoms with E-state index < -0.39 is 16.0 Å². The molecule has 8 heteroatoms. The van der Waals surface area contributed by atoms with Crippen LogP contribution in [0.1, 0.15) is 5.69 Å². The molecule has 1 aliphatic heterocycles. The molecule has 110 valence electrons. The average molecular weight is 307 g/mol. The standard InChI is InChI=1S/C13H13N3O4S/c1-8-13-12(14-16(8)7-11(17)18)9-5-3-4-6-10(9)21(19,20)15(13)2/h3-6H,7H2,1-2H3,(H,17,18). The molecule has 1 aromatic carbocycles. The first-order valence-corrected chi connectivity index (χ1v) is 7.65. The van der Waals surface area contributed by atoms with Gasteiger partial charge in [0.2, 0.25) is 0 Å². The lowest BCUT2D eigenvalue weighted by Crippen LogP contribution is -2.30. The number of benzene rings is 1. The summed E-state index contributed by atoms with van der Waals surface area (Å²) in [6, 6.07) is 6.58. The van der Waals surface area contributed by atoms with Crippen LogP contribution in [0.25, 0.3) is 11.3 Å². The summed E-state index contributed by atoms with van der Waals surface area (Å²) in [5.74, 6) is -1.03. The topological polar surface area (TPSA) is 92.5 Å². The van der Waals surface area contributed by atoms with Gasteiger partial charge < -0.3 is 5.11 Å². The molecule has 21 heavy (non-hydrogen) atoms. The fraction of sp³-hybridized carbons (Fsp3) is 0.231. The van der Waals surface area contributed by atoms with Crippen molar-refractivity contribution in [3.63, 3.8) is 0 Å². The number of hydrogen-bond acceptors (Lipinski definition) is 4. The summed E-state index contributed by atoms with van der Waals surface area (Å²) < 4.78 is 27.5. The molecule has 0 aliphatic carbocycles. The van der Waals surface area contributed by atoms with E-state index in [9.17, 15) is 13.2 Å². The van der Waals surface area contributed by atoms with Crippen molar-refractivity contribution in [2.75, 3.05) is 11.4 Å². The highest BCUT2D eigenvalue weighted by Crippen LogP contribution is 2.43. The Morgan fingerprint density at radius 1 is 1.33 bits per heavy atom. The first kappa shape index (κ1) is 13.6. The van der Waals surface area contributed by atoms with Gasteiger partial charge >= 0.3 is 5.97 Å². The molecule has 3 rings (SSSR count). The molecule has 0 atom stereocenters. The van der Waals surface area contributed by atoms with Crippen molar-refractivity contribution in [2.45, 2.75) is 18.4 Å². The van der Waals surface area contributed by atoms with Crippen molar-refractivity contribution in [2.24, 2.45) is 0 Å². The molecule has 0 spiro atoms. The summed E-state index contributed by atoms with van der Waals surface area (Å²) in [6.07, 6.45) is 0. The maximum absolute atomic E-state index is 12.5. The second kappa shape index (κ2) is 4.32. The number of hydrogen-bond donors (Lipinski definition) is 1. The number of nitrogens with zero attached hydrogens (tertiary/aromatic N) is 3. The average Bonchev–Trinajstić information content (AvgIpc) is 2.74. The highest BCUT2D eigenvalue weighted by atomic mass is 32.2. The van der Waals surface area contributed by atoms with E-state index in [2.05, 4.69) is 5.10 Å². The quantitative estimate of drug-likeness (QED) is 0.896.